The minimum Gasteiger partial charge on any atom is -0.447 e. The van der Waals surface area contributed by atoms with Crippen LogP contribution in [0, 0.1) is 17.8 Å². The van der Waals surface area contributed by atoms with Crippen molar-refractivity contribution in [2.45, 2.75) is 114 Å². The molecular formula is C53H67FN16O20P2S2. The number of aromatic nitrogens is 8. The Morgan fingerprint density at radius 1 is 0.936 bits per heavy atom. The van der Waals surface area contributed by atoms with Gasteiger partial charge in [0.1, 0.15) is 49.6 Å². The third-order valence-corrected chi connectivity index (χ3v) is 19.0. The van der Waals surface area contributed by atoms with Crippen molar-refractivity contribution in [2.75, 3.05) is 69.5 Å². The quantitative estimate of drug-likeness (QED) is 0.0269. The number of likely N-dealkylation sites (N-methyl/N-ethyl adjacent to an activating group) is 1. The predicted molar refractivity (Wildman–Crippen MR) is 329 cm³/mol. The number of nitrogen functional groups attached to an aromatic ring is 1. The van der Waals surface area contributed by atoms with Gasteiger partial charge in [0, 0.05) is 56.9 Å². The molecule has 5 aliphatic rings. The number of alkyl halides is 1. The van der Waals surface area contributed by atoms with E-state index in [1.165, 1.54) is 17.9 Å². The number of nitrogens with zero attached hydrogens (tertiary/aromatic N) is 9. The number of halogens is 1. The van der Waals surface area contributed by atoms with E-state index in [-0.39, 0.29) is 123 Å². The van der Waals surface area contributed by atoms with Crippen molar-refractivity contribution in [2.24, 2.45) is 23.5 Å². The van der Waals surface area contributed by atoms with Gasteiger partial charge in [0.25, 0.3) is 5.56 Å². The summed E-state index contributed by atoms with van der Waals surface area (Å²) in [5.41, 5.74) is 9.31. The number of hydrogen-bond donors (Lipinski definition) is 9. The highest BCUT2D eigenvalue weighted by atomic mass is 32.5. The lowest BCUT2D eigenvalue weighted by atomic mass is 9.89. The molecule has 1 aromatic carbocycles. The number of Topliss-reactive ketones (excluding diaryl/α,β-unsaturated/α-hetero) is 1. The van der Waals surface area contributed by atoms with E-state index < -0.39 is 135 Å². The molecule has 0 spiro atoms. The summed E-state index contributed by atoms with van der Waals surface area (Å²) in [4.78, 5) is 164. The highest BCUT2D eigenvalue weighted by molar-refractivity contribution is 8.07. The molecule has 9 heterocycles. The molecule has 11 N–H and O–H groups in total. The summed E-state index contributed by atoms with van der Waals surface area (Å²) >= 11 is 10.8. The van der Waals surface area contributed by atoms with Gasteiger partial charge in [0.15, 0.2) is 52.6 Å². The molecule has 508 valence electrons. The molecule has 94 heavy (non-hydrogen) atoms. The SMILES string of the molecule is CC1CC(=O)N(CCC(=O)N[C@H](C(=O)C[C@@H](CCCNC(N)=O)C(=O)Nc2ccc(COC(=O)N(C)CCOC(=O)Nc3ncnc4c3ncn4[C@@H]3O[C@@]45CO[C@@H]3[C@@H]4OP(O)(=S)OC[C@H]3O[C@@H](n4cnc6c(=O)[nH]c(N)nc64)[C@H](OP(O)(=S)OC5)[C@@H]3F)cc2)C(C)C)C1=O. The fourth-order valence-electron chi connectivity index (χ4n) is 11.1. The predicted octanol–water partition coefficient (Wildman–Crippen LogP) is 1.40. The first-order chi connectivity index (χ1) is 44.6. The van der Waals surface area contributed by atoms with Crippen molar-refractivity contribution in [3.63, 3.8) is 0 Å². The topological polar surface area (TPSA) is 474 Å². The van der Waals surface area contributed by atoms with Crippen molar-refractivity contribution in [1.82, 2.24) is 59.5 Å². The van der Waals surface area contributed by atoms with Gasteiger partial charge >= 0.3 is 31.7 Å². The van der Waals surface area contributed by atoms with E-state index in [2.05, 4.69) is 51.2 Å². The average molecular weight is 1390 g/mol. The Balaban J connectivity index is 0.702. The van der Waals surface area contributed by atoms with E-state index in [1.54, 1.807) is 45.0 Å². The van der Waals surface area contributed by atoms with Crippen LogP contribution in [0.25, 0.3) is 22.3 Å². The summed E-state index contributed by atoms with van der Waals surface area (Å²) in [6.07, 6.45) is -8.68. The highest BCUT2D eigenvalue weighted by Crippen LogP contribution is 2.59. The molecule has 0 aliphatic carbocycles. The van der Waals surface area contributed by atoms with Gasteiger partial charge in [-0.15, -0.1) is 0 Å². The van der Waals surface area contributed by atoms with Crippen LogP contribution in [0.5, 0.6) is 0 Å². The normalized spacial score (nSPS) is 27.4. The molecule has 10 rings (SSSR count). The molecule has 4 bridgehead atoms. The summed E-state index contributed by atoms with van der Waals surface area (Å²) in [5, 5.41) is 10.4. The summed E-state index contributed by atoms with van der Waals surface area (Å²) in [6.45, 7) is -5.99. The molecule has 3 unspecified atom stereocenters. The zero-order chi connectivity index (χ0) is 67.6. The number of anilines is 3. The van der Waals surface area contributed by atoms with Crippen LogP contribution in [0.3, 0.4) is 0 Å². The largest absolute Gasteiger partial charge is 0.447 e. The number of likely N-dealkylation sites (tertiary alicyclic amines) is 1. The van der Waals surface area contributed by atoms with Crippen LogP contribution in [0.2, 0.25) is 0 Å². The first-order valence-electron chi connectivity index (χ1n) is 29.3. The van der Waals surface area contributed by atoms with Crippen LogP contribution in [0.4, 0.5) is 36.2 Å². The van der Waals surface area contributed by atoms with Gasteiger partial charge in [-0.3, -0.25) is 62.1 Å². The van der Waals surface area contributed by atoms with Crippen LogP contribution in [0.15, 0.2) is 48.0 Å². The first kappa shape index (κ1) is 69.2. The van der Waals surface area contributed by atoms with Crippen molar-refractivity contribution in [1.29, 1.82) is 0 Å². The smallest absolute Gasteiger partial charge is 0.412 e. The third-order valence-electron chi connectivity index (χ3n) is 16.0. The number of H-pyrrole nitrogens is 1. The van der Waals surface area contributed by atoms with Gasteiger partial charge in [-0.25, -0.2) is 38.7 Å². The highest BCUT2D eigenvalue weighted by Gasteiger charge is 2.65. The Labute approximate surface area is 542 Å². The molecule has 5 saturated heterocycles. The molecule has 5 aliphatic heterocycles. The molecule has 36 nitrogen and oxygen atoms in total. The number of ketones is 1. The lowest BCUT2D eigenvalue weighted by Crippen LogP contribution is -2.46. The minimum absolute atomic E-state index is 0.0455. The van der Waals surface area contributed by atoms with Crippen molar-refractivity contribution >= 4 is 124 Å². The van der Waals surface area contributed by atoms with E-state index in [4.69, 9.17) is 76.9 Å². The molecule has 4 aromatic heterocycles. The molecule has 41 heteroatoms. The molecule has 8 amide bonds. The van der Waals surface area contributed by atoms with E-state index in [0.717, 1.165) is 27.0 Å². The molecule has 13 atom stereocenters. The van der Waals surface area contributed by atoms with Gasteiger partial charge in [-0.05, 0) is 60.1 Å². The van der Waals surface area contributed by atoms with E-state index in [0.29, 0.717) is 11.3 Å². The Bertz CT molecular complexity index is 3910. The Morgan fingerprint density at radius 3 is 2.37 bits per heavy atom. The number of urea groups is 1. The number of nitrogens with one attached hydrogen (secondary N) is 5. The summed E-state index contributed by atoms with van der Waals surface area (Å²) in [5.74, 6) is -4.38. The minimum atomic E-state index is -4.47. The zero-order valence-electron chi connectivity index (χ0n) is 50.6. The lowest BCUT2D eigenvalue weighted by Gasteiger charge is -2.33. The van der Waals surface area contributed by atoms with Crippen molar-refractivity contribution in [3.05, 3.63) is 59.2 Å². The number of fused-ring (bicyclic) bond motifs is 4. The third kappa shape index (κ3) is 15.7. The number of carbonyl (C=O) groups excluding carboxylic acids is 8. The number of benzene rings is 1. The number of imidazole rings is 2. The van der Waals surface area contributed by atoms with Crippen LogP contribution in [-0.4, -0.2) is 202 Å². The van der Waals surface area contributed by atoms with E-state index in [1.807, 2.05) is 0 Å². The molecule has 5 aromatic rings. The maximum Gasteiger partial charge on any atom is 0.412 e. The summed E-state index contributed by atoms with van der Waals surface area (Å²) < 4.78 is 71.6. The van der Waals surface area contributed by atoms with E-state index >= 15 is 4.39 Å². The number of carbonyl (C=O) groups is 8. The number of rotatable bonds is 22. The van der Waals surface area contributed by atoms with Crippen LogP contribution >= 0.6 is 13.4 Å². The first-order valence-corrected chi connectivity index (χ1v) is 34.5. The Hall–Kier alpha value is -7.65. The molecule has 0 radical (unpaired) electrons. The molecular weight excluding hydrogens is 1330 g/mol. The summed E-state index contributed by atoms with van der Waals surface area (Å²) in [6, 6.07) is 4.57. The number of aromatic amines is 1. The second-order valence-electron chi connectivity index (χ2n) is 23.0. The number of nitrogens with two attached hydrogens (primary N) is 2. The van der Waals surface area contributed by atoms with Gasteiger partial charge in [0.05, 0.1) is 45.1 Å². The van der Waals surface area contributed by atoms with Gasteiger partial charge in [-0.1, -0.05) is 32.9 Å². The van der Waals surface area contributed by atoms with Crippen molar-refractivity contribution in [3.8, 4) is 0 Å². The fourth-order valence-corrected chi connectivity index (χ4v) is 14.0. The number of primary amides is 1. The average Bonchev–Trinajstić information content (AvgIpc) is 1.56. The zero-order valence-corrected chi connectivity index (χ0v) is 54.0. The monoisotopic (exact) mass is 1390 g/mol. The standard InChI is InChI=1S/C53H67FN16O20P2S2/c1-25(2)35(63-32(72)11-13-68-33(73)16-26(3)46(68)76)30(71)17-28(6-5-12-57-50(56)77)44(74)62-29-9-7-27(8-10-29)18-83-52(79)67(4)14-15-82-51(78)64-41-36-42(59-22-58-41)69(23-60-36)48-39-40-53(88-48,20-84-39)21-86-92(81,94)89-38-34(54)31(19-85-91(80,93)90-40)87-47(38)70-24-61-37-43(70)65-49(55)66-45(37)75/h7-10,22-26,28,31,34-35,38-40,47-48H,5-6,11-21H2,1-4H3,(H,62,74)(H,63,72)(H,80,93)(H,81,94)(H3,56,57,77)(H3,55,65,66,75)(H,58,59,64,78)/t26?,28-,31-,34-,35+,38-,39-,40+,47-,48-,53-,91?,92?/m1/s1. The Kier molecular flexibility index (Phi) is 21.2. The summed E-state index contributed by atoms with van der Waals surface area (Å²) in [7, 11) is 1.41. The number of hydrogen-bond acceptors (Lipinski definition) is 26. The fraction of sp³-hybridized carbons (Fsp3) is 0.547. The van der Waals surface area contributed by atoms with Gasteiger partial charge < -0.3 is 74.8 Å². The van der Waals surface area contributed by atoms with Crippen LogP contribution < -0.4 is 38.3 Å². The van der Waals surface area contributed by atoms with Crippen molar-refractivity contribution < 1.29 is 94.3 Å². The number of amides is 8. The second kappa shape index (κ2) is 28.7. The molecule has 5 fully saturated rings. The van der Waals surface area contributed by atoms with Crippen LogP contribution in [0.1, 0.15) is 70.9 Å². The Morgan fingerprint density at radius 2 is 1.66 bits per heavy atom. The van der Waals surface area contributed by atoms with Gasteiger partial charge in [0.2, 0.25) is 29.6 Å². The lowest BCUT2D eigenvalue weighted by molar-refractivity contribution is -0.183. The number of ether oxygens (including phenoxy) is 5. The number of imide groups is 1. The maximum atomic E-state index is 16.3. The van der Waals surface area contributed by atoms with Crippen LogP contribution in [-0.2, 0) is 96.0 Å². The molecule has 0 saturated carbocycles. The van der Waals surface area contributed by atoms with E-state index in [9.17, 15) is 52.9 Å². The second-order valence-corrected chi connectivity index (χ2v) is 28.6. The maximum absolute atomic E-state index is 16.3. The van der Waals surface area contributed by atoms with Gasteiger partial charge in [-0.2, -0.15) is 4.98 Å².